The predicted molar refractivity (Wildman–Crippen MR) is 115 cm³/mol. The van der Waals surface area contributed by atoms with Crippen molar-refractivity contribution in [2.45, 2.75) is 11.7 Å². The number of nitrogens with zero attached hydrogens (tertiary/aromatic N) is 2. The van der Waals surface area contributed by atoms with Crippen molar-refractivity contribution in [1.82, 2.24) is 0 Å². The third-order valence-corrected chi connectivity index (χ3v) is 5.82. The van der Waals surface area contributed by atoms with Crippen LogP contribution in [0.1, 0.15) is 16.8 Å². The molecule has 0 spiro atoms. The van der Waals surface area contributed by atoms with E-state index in [0.717, 1.165) is 16.7 Å². The third kappa shape index (κ3) is 4.33. The van der Waals surface area contributed by atoms with Crippen molar-refractivity contribution in [2.24, 2.45) is 0 Å². The highest BCUT2D eigenvalue weighted by Crippen LogP contribution is 2.40. The molecule has 0 radical (unpaired) electrons. The van der Waals surface area contributed by atoms with E-state index in [2.05, 4.69) is 0 Å². The van der Waals surface area contributed by atoms with Crippen LogP contribution in [0.4, 0.5) is 16.2 Å². The number of carbonyl (C=O) groups excluding carboxylic acids is 3. The lowest BCUT2D eigenvalue weighted by Gasteiger charge is -2.21. The van der Waals surface area contributed by atoms with E-state index in [9.17, 15) is 24.3 Å². The number of amides is 3. The Bertz CT molecular complexity index is 1060. The molecule has 2 aromatic carbocycles. The summed E-state index contributed by atoms with van der Waals surface area (Å²) < 4.78 is 10.4. The van der Waals surface area contributed by atoms with Crippen molar-refractivity contribution in [1.29, 1.82) is 0 Å². The van der Waals surface area contributed by atoms with Crippen molar-refractivity contribution < 1.29 is 33.8 Å². The van der Waals surface area contributed by atoms with E-state index in [4.69, 9.17) is 9.47 Å². The Labute approximate surface area is 182 Å². The van der Waals surface area contributed by atoms with E-state index in [1.165, 1.54) is 44.4 Å². The fourth-order valence-electron chi connectivity index (χ4n) is 3.15. The van der Waals surface area contributed by atoms with E-state index in [-0.39, 0.29) is 29.1 Å². The van der Waals surface area contributed by atoms with E-state index in [0.29, 0.717) is 5.75 Å². The van der Waals surface area contributed by atoms with Crippen molar-refractivity contribution in [2.75, 3.05) is 31.1 Å². The molecule has 3 rings (SSSR count). The third-order valence-electron chi connectivity index (χ3n) is 4.78. The second-order valence-corrected chi connectivity index (χ2v) is 7.72. The smallest absolute Gasteiger partial charge is 0.337 e. The van der Waals surface area contributed by atoms with Crippen LogP contribution in [0.2, 0.25) is 0 Å². The summed E-state index contributed by atoms with van der Waals surface area (Å²) in [5, 5.41) is 7.87. The van der Waals surface area contributed by atoms with Gasteiger partial charge in [0.25, 0.3) is 5.24 Å². The first-order valence-corrected chi connectivity index (χ1v) is 10.0. The number of carbonyl (C=O) groups is 4. The number of methoxy groups -OCH3 is 2. The number of ether oxygens (including phenoxy) is 2. The van der Waals surface area contributed by atoms with E-state index in [1.54, 1.807) is 24.3 Å². The number of para-hydroxylation sites is 1. The number of carboxylic acids is 1. The maximum absolute atomic E-state index is 12.9. The molecule has 9 nitrogen and oxygen atoms in total. The van der Waals surface area contributed by atoms with Crippen molar-refractivity contribution in [3.63, 3.8) is 0 Å². The SMILES string of the molecule is COc1ccc(N2C(=O)SC(CC(=O)N(C)c3ccccc3C(=O)O)C2=O)c(OC)c1. The monoisotopic (exact) mass is 444 g/mol. The van der Waals surface area contributed by atoms with Crippen LogP contribution in [0, 0.1) is 0 Å². The summed E-state index contributed by atoms with van der Waals surface area (Å²) in [6.45, 7) is 0. The minimum absolute atomic E-state index is 0.0376. The highest BCUT2D eigenvalue weighted by atomic mass is 32.2. The lowest BCUT2D eigenvalue weighted by atomic mass is 10.1. The van der Waals surface area contributed by atoms with Gasteiger partial charge < -0.3 is 19.5 Å². The van der Waals surface area contributed by atoms with Gasteiger partial charge in [0.2, 0.25) is 11.8 Å². The van der Waals surface area contributed by atoms with Gasteiger partial charge in [-0.15, -0.1) is 0 Å². The summed E-state index contributed by atoms with van der Waals surface area (Å²) in [5.74, 6) is -1.43. The van der Waals surface area contributed by atoms with Crippen LogP contribution < -0.4 is 19.3 Å². The topological polar surface area (TPSA) is 113 Å². The van der Waals surface area contributed by atoms with Gasteiger partial charge in [-0.2, -0.15) is 0 Å². The standard InChI is InChI=1S/C21H20N2O7S/c1-22(14-7-5-4-6-13(14)20(26)27)18(24)11-17-19(25)23(21(28)31-17)15-9-8-12(29-2)10-16(15)30-3/h4-10,17H,11H2,1-3H3,(H,26,27). The zero-order valence-corrected chi connectivity index (χ0v) is 17.8. The average Bonchev–Trinajstić information content (AvgIpc) is 3.05. The first-order chi connectivity index (χ1) is 14.8. The second kappa shape index (κ2) is 9.09. The number of rotatable bonds is 7. The Hall–Kier alpha value is -3.53. The van der Waals surface area contributed by atoms with Crippen LogP contribution >= 0.6 is 11.8 Å². The van der Waals surface area contributed by atoms with Gasteiger partial charge in [0, 0.05) is 19.5 Å². The lowest BCUT2D eigenvalue weighted by Crippen LogP contribution is -2.35. The van der Waals surface area contributed by atoms with E-state index >= 15 is 0 Å². The lowest BCUT2D eigenvalue weighted by molar-refractivity contribution is -0.122. The number of anilines is 2. The van der Waals surface area contributed by atoms with Crippen LogP contribution in [0.25, 0.3) is 0 Å². The summed E-state index contributed by atoms with van der Waals surface area (Å²) in [6.07, 6.45) is -0.269. The van der Waals surface area contributed by atoms with Gasteiger partial charge >= 0.3 is 5.97 Å². The molecule has 10 heteroatoms. The molecule has 1 atom stereocenters. The van der Waals surface area contributed by atoms with Gasteiger partial charge in [-0.05, 0) is 36.0 Å². The van der Waals surface area contributed by atoms with Crippen LogP contribution in [0.15, 0.2) is 42.5 Å². The fraction of sp³-hybridized carbons (Fsp3) is 0.238. The zero-order valence-electron chi connectivity index (χ0n) is 17.0. The first kappa shape index (κ1) is 22.2. The highest BCUT2D eigenvalue weighted by molar-refractivity contribution is 8.15. The summed E-state index contributed by atoms with van der Waals surface area (Å²) in [7, 11) is 4.32. The summed E-state index contributed by atoms with van der Waals surface area (Å²) in [4.78, 5) is 51.9. The molecular formula is C21H20N2O7S. The van der Waals surface area contributed by atoms with Gasteiger partial charge in [0.05, 0.1) is 31.2 Å². The summed E-state index contributed by atoms with van der Waals surface area (Å²) in [6, 6.07) is 10.7. The van der Waals surface area contributed by atoms with Crippen molar-refractivity contribution in [3.8, 4) is 11.5 Å². The molecule has 0 bridgehead atoms. The van der Waals surface area contributed by atoms with Crippen molar-refractivity contribution >= 4 is 46.2 Å². The van der Waals surface area contributed by atoms with Gasteiger partial charge in [0.1, 0.15) is 16.7 Å². The average molecular weight is 444 g/mol. The minimum atomic E-state index is -1.17. The maximum Gasteiger partial charge on any atom is 0.337 e. The Morgan fingerprint density at radius 3 is 2.48 bits per heavy atom. The molecule has 1 aliphatic heterocycles. The molecule has 0 saturated carbocycles. The van der Waals surface area contributed by atoms with Crippen LogP contribution in [0.3, 0.4) is 0 Å². The van der Waals surface area contributed by atoms with Crippen LogP contribution in [-0.2, 0) is 9.59 Å². The molecule has 3 amide bonds. The maximum atomic E-state index is 12.9. The number of hydrogen-bond acceptors (Lipinski definition) is 7. The molecule has 162 valence electrons. The Morgan fingerprint density at radius 1 is 1.13 bits per heavy atom. The van der Waals surface area contributed by atoms with Gasteiger partial charge in [-0.3, -0.25) is 14.4 Å². The normalized spacial score (nSPS) is 15.7. The van der Waals surface area contributed by atoms with Gasteiger partial charge in [-0.1, -0.05) is 12.1 Å². The molecule has 0 aromatic heterocycles. The van der Waals surface area contributed by atoms with E-state index in [1.807, 2.05) is 0 Å². The van der Waals surface area contributed by atoms with Gasteiger partial charge in [-0.25, -0.2) is 9.69 Å². The summed E-state index contributed by atoms with van der Waals surface area (Å²) >= 11 is 0.744. The fourth-order valence-corrected chi connectivity index (χ4v) is 4.12. The van der Waals surface area contributed by atoms with Gasteiger partial charge in [0.15, 0.2) is 0 Å². The number of thioether (sulfide) groups is 1. The number of benzene rings is 2. The number of aromatic carboxylic acids is 1. The molecule has 0 aliphatic carbocycles. The number of carboxylic acid groups (broad SMARTS) is 1. The molecule has 1 heterocycles. The van der Waals surface area contributed by atoms with Crippen LogP contribution in [0.5, 0.6) is 11.5 Å². The Kier molecular flexibility index (Phi) is 6.50. The molecule has 1 unspecified atom stereocenters. The Morgan fingerprint density at radius 2 is 1.84 bits per heavy atom. The minimum Gasteiger partial charge on any atom is -0.497 e. The molecule has 2 aromatic rings. The number of imide groups is 1. The molecule has 1 N–H and O–H groups in total. The Balaban J connectivity index is 1.80. The van der Waals surface area contributed by atoms with Crippen molar-refractivity contribution in [3.05, 3.63) is 48.0 Å². The molecule has 1 aliphatic rings. The molecule has 1 saturated heterocycles. The quantitative estimate of drug-likeness (QED) is 0.693. The van der Waals surface area contributed by atoms with E-state index < -0.39 is 28.3 Å². The first-order valence-electron chi connectivity index (χ1n) is 9.14. The number of hydrogen-bond donors (Lipinski definition) is 1. The predicted octanol–water partition coefficient (Wildman–Crippen LogP) is 3.02. The van der Waals surface area contributed by atoms with Crippen LogP contribution in [-0.4, -0.2) is 54.6 Å². The second-order valence-electron chi connectivity index (χ2n) is 6.56. The largest absolute Gasteiger partial charge is 0.497 e. The molecule has 31 heavy (non-hydrogen) atoms. The summed E-state index contributed by atoms with van der Waals surface area (Å²) in [5.41, 5.74) is 0.421. The molecule has 1 fully saturated rings. The molecular weight excluding hydrogens is 424 g/mol. The zero-order chi connectivity index (χ0) is 22.7. The highest BCUT2D eigenvalue weighted by Gasteiger charge is 2.43.